The van der Waals surface area contributed by atoms with Crippen LogP contribution in [0.2, 0.25) is 0 Å². The Morgan fingerprint density at radius 3 is 1.82 bits per heavy atom. The molecule has 2 saturated heterocycles. The van der Waals surface area contributed by atoms with Gasteiger partial charge in [0.05, 0.1) is 17.4 Å². The highest BCUT2D eigenvalue weighted by Gasteiger charge is 2.60. The van der Waals surface area contributed by atoms with E-state index in [1.807, 2.05) is 36.4 Å². The van der Waals surface area contributed by atoms with Crippen LogP contribution < -0.4 is 14.1 Å². The Hall–Kier alpha value is -4.47. The maximum absolute atomic E-state index is 13.7. The second-order valence-electron chi connectivity index (χ2n) is 8.92. The molecule has 4 aromatic carbocycles. The predicted octanol–water partition coefficient (Wildman–Crippen LogP) is 4.51. The number of amides is 2. The van der Waals surface area contributed by atoms with Gasteiger partial charge in [-0.05, 0) is 54.1 Å². The van der Waals surface area contributed by atoms with Crippen molar-refractivity contribution in [3.05, 3.63) is 121 Å². The summed E-state index contributed by atoms with van der Waals surface area (Å²) in [5, 5.41) is 1.59. The number of para-hydroxylation sites is 2. The predicted molar refractivity (Wildman–Crippen MR) is 140 cm³/mol. The van der Waals surface area contributed by atoms with Crippen molar-refractivity contribution in [1.82, 2.24) is 0 Å². The fourth-order valence-corrected chi connectivity index (χ4v) is 5.82. The Kier molecular flexibility index (Phi) is 5.94. The van der Waals surface area contributed by atoms with Crippen LogP contribution in [0.1, 0.15) is 11.6 Å². The maximum atomic E-state index is 13.7. The highest BCUT2D eigenvalue weighted by molar-refractivity contribution is 7.87. The second kappa shape index (κ2) is 9.44. The summed E-state index contributed by atoms with van der Waals surface area (Å²) in [5.41, 5.74) is 1.84. The van der Waals surface area contributed by atoms with Gasteiger partial charge in [-0.15, -0.1) is 0 Å². The van der Waals surface area contributed by atoms with Gasteiger partial charge in [-0.1, -0.05) is 66.7 Å². The summed E-state index contributed by atoms with van der Waals surface area (Å²) in [6.45, 7) is 0. The molecule has 0 N–H and O–H groups in total. The number of carbonyl (C=O) groups excluding carboxylic acids is 2. The lowest BCUT2D eigenvalue weighted by atomic mass is 9.90. The van der Waals surface area contributed by atoms with Crippen LogP contribution in [0.4, 0.5) is 11.4 Å². The fourth-order valence-electron chi connectivity index (χ4n) is 4.87. The van der Waals surface area contributed by atoms with Crippen LogP contribution in [-0.2, 0) is 24.5 Å². The van der Waals surface area contributed by atoms with Gasteiger partial charge < -0.3 is 4.18 Å². The molecule has 2 fully saturated rings. The molecule has 4 aromatic rings. The van der Waals surface area contributed by atoms with E-state index < -0.39 is 34.1 Å². The first kappa shape index (κ1) is 23.9. The van der Waals surface area contributed by atoms with E-state index in [2.05, 4.69) is 0 Å². The van der Waals surface area contributed by atoms with Gasteiger partial charge in [-0.2, -0.15) is 8.42 Å². The van der Waals surface area contributed by atoms with Gasteiger partial charge in [-0.3, -0.25) is 14.4 Å². The Balaban J connectivity index is 1.34. The van der Waals surface area contributed by atoms with E-state index in [1.54, 1.807) is 59.7 Å². The van der Waals surface area contributed by atoms with Gasteiger partial charge in [0.25, 0.3) is 5.91 Å². The quantitative estimate of drug-likeness (QED) is 0.270. The van der Waals surface area contributed by atoms with E-state index in [9.17, 15) is 18.0 Å². The van der Waals surface area contributed by atoms with Gasteiger partial charge in [-0.25, -0.2) is 9.96 Å². The molecule has 2 heterocycles. The highest BCUT2D eigenvalue weighted by Crippen LogP contribution is 2.47. The molecule has 0 unspecified atom stereocenters. The average Bonchev–Trinajstić information content (AvgIpc) is 3.46. The Labute approximate surface area is 219 Å². The molecule has 2 amide bonds. The SMILES string of the molecule is O=C1[C@@H]2[C@@H](c3ccc(OS(=O)(=O)c4ccccc4)cc3)N(c3ccccc3)O[C@H]2C(=O)N1c1ccccc1. The minimum atomic E-state index is -4.01. The topological polar surface area (TPSA) is 93.2 Å². The third-order valence-corrected chi connectivity index (χ3v) is 7.86. The van der Waals surface area contributed by atoms with E-state index in [1.165, 1.54) is 29.2 Å². The van der Waals surface area contributed by atoms with Crippen LogP contribution in [0.15, 0.2) is 120 Å². The van der Waals surface area contributed by atoms with E-state index in [0.29, 0.717) is 16.9 Å². The lowest BCUT2D eigenvalue weighted by Gasteiger charge is -2.28. The summed E-state index contributed by atoms with van der Waals surface area (Å²) in [4.78, 5) is 34.4. The molecular formula is C29H22N2O6S. The van der Waals surface area contributed by atoms with Crippen molar-refractivity contribution in [3.63, 3.8) is 0 Å². The Morgan fingerprint density at radius 2 is 1.21 bits per heavy atom. The molecular weight excluding hydrogens is 504 g/mol. The van der Waals surface area contributed by atoms with Gasteiger partial charge in [0.1, 0.15) is 16.6 Å². The lowest BCUT2D eigenvalue weighted by molar-refractivity contribution is -0.126. The van der Waals surface area contributed by atoms with Crippen LogP contribution in [-0.4, -0.2) is 26.3 Å². The van der Waals surface area contributed by atoms with Gasteiger partial charge in [0.15, 0.2) is 6.10 Å². The molecule has 2 aliphatic heterocycles. The first-order valence-corrected chi connectivity index (χ1v) is 13.4. The van der Waals surface area contributed by atoms with Crippen LogP contribution in [0, 0.1) is 5.92 Å². The van der Waals surface area contributed by atoms with Crippen LogP contribution in [0.3, 0.4) is 0 Å². The van der Waals surface area contributed by atoms with E-state index >= 15 is 0 Å². The van der Waals surface area contributed by atoms with Crippen molar-refractivity contribution in [2.45, 2.75) is 17.0 Å². The Bertz CT molecular complexity index is 1580. The molecule has 3 atom stereocenters. The summed E-state index contributed by atoms with van der Waals surface area (Å²) in [6, 6.07) is 31.6. The lowest BCUT2D eigenvalue weighted by Crippen LogP contribution is -2.37. The standard InChI is InChI=1S/C29H22N2O6S/c32-28-25-26(20-16-18-23(19-17-20)37-38(34,35)24-14-8-3-9-15-24)31(22-12-6-2-7-13-22)36-27(25)29(33)30(28)21-10-4-1-5-11-21/h1-19,25-27H/t25-,26-,27-/m1/s1. The fraction of sp³-hybridized carbons (Fsp3) is 0.103. The van der Waals surface area contributed by atoms with E-state index in [-0.39, 0.29) is 16.6 Å². The molecule has 0 radical (unpaired) electrons. The minimum Gasteiger partial charge on any atom is -0.379 e. The summed E-state index contributed by atoms with van der Waals surface area (Å²) in [5.74, 6) is -1.47. The van der Waals surface area contributed by atoms with Gasteiger partial charge in [0.2, 0.25) is 5.91 Å². The zero-order valence-corrected chi connectivity index (χ0v) is 20.8. The van der Waals surface area contributed by atoms with Crippen molar-refractivity contribution < 1.29 is 27.0 Å². The van der Waals surface area contributed by atoms with Gasteiger partial charge >= 0.3 is 10.1 Å². The monoisotopic (exact) mass is 526 g/mol. The molecule has 0 spiro atoms. The van der Waals surface area contributed by atoms with Crippen LogP contribution in [0.25, 0.3) is 0 Å². The van der Waals surface area contributed by atoms with Crippen molar-refractivity contribution in [3.8, 4) is 5.75 Å². The molecule has 0 saturated carbocycles. The average molecular weight is 527 g/mol. The molecule has 0 aromatic heterocycles. The molecule has 38 heavy (non-hydrogen) atoms. The number of rotatable bonds is 6. The number of imide groups is 1. The largest absolute Gasteiger partial charge is 0.379 e. The molecule has 6 rings (SSSR count). The number of fused-ring (bicyclic) bond motifs is 1. The maximum Gasteiger partial charge on any atom is 0.339 e. The minimum absolute atomic E-state index is 0.0439. The molecule has 0 aliphatic carbocycles. The molecule has 9 heteroatoms. The van der Waals surface area contributed by atoms with Crippen molar-refractivity contribution in [2.75, 3.05) is 9.96 Å². The summed E-state index contributed by atoms with van der Waals surface area (Å²) >= 11 is 0. The zero-order chi connectivity index (χ0) is 26.3. The first-order valence-electron chi connectivity index (χ1n) is 12.0. The van der Waals surface area contributed by atoms with Crippen molar-refractivity contribution in [2.24, 2.45) is 5.92 Å². The third kappa shape index (κ3) is 4.11. The number of hydrogen-bond donors (Lipinski definition) is 0. The summed E-state index contributed by atoms with van der Waals surface area (Å²) in [6.07, 6.45) is -0.998. The second-order valence-corrected chi connectivity index (χ2v) is 10.5. The normalized spacial score (nSPS) is 21.0. The zero-order valence-electron chi connectivity index (χ0n) is 20.0. The van der Waals surface area contributed by atoms with Crippen LogP contribution in [0.5, 0.6) is 5.75 Å². The number of anilines is 2. The highest BCUT2D eigenvalue weighted by atomic mass is 32.2. The number of hydrogen-bond acceptors (Lipinski definition) is 7. The summed E-state index contributed by atoms with van der Waals surface area (Å²) in [7, 11) is -4.01. The molecule has 190 valence electrons. The van der Waals surface area contributed by atoms with E-state index in [4.69, 9.17) is 9.02 Å². The summed E-state index contributed by atoms with van der Waals surface area (Å²) < 4.78 is 30.6. The van der Waals surface area contributed by atoms with Crippen molar-refractivity contribution in [1.29, 1.82) is 0 Å². The number of benzene rings is 4. The van der Waals surface area contributed by atoms with Crippen LogP contribution >= 0.6 is 0 Å². The van der Waals surface area contributed by atoms with Gasteiger partial charge in [0, 0.05) is 0 Å². The molecule has 8 nitrogen and oxygen atoms in total. The smallest absolute Gasteiger partial charge is 0.339 e. The Morgan fingerprint density at radius 1 is 0.658 bits per heavy atom. The number of carbonyl (C=O) groups is 2. The van der Waals surface area contributed by atoms with Crippen molar-refractivity contribution >= 4 is 33.3 Å². The van der Waals surface area contributed by atoms with E-state index in [0.717, 1.165) is 0 Å². The molecule has 2 aliphatic rings. The third-order valence-electron chi connectivity index (χ3n) is 6.60. The number of hydroxylamine groups is 1. The first-order chi connectivity index (χ1) is 18.4. The molecule has 0 bridgehead atoms. The number of nitrogens with zero attached hydrogens (tertiary/aromatic N) is 2.